The van der Waals surface area contributed by atoms with Gasteiger partial charge in [0.2, 0.25) is 0 Å². The maximum absolute atomic E-state index is 4.90. The third-order valence-corrected chi connectivity index (χ3v) is 6.36. The molecule has 0 amide bonds. The van der Waals surface area contributed by atoms with E-state index in [4.69, 9.17) is 15.0 Å². The van der Waals surface area contributed by atoms with Crippen molar-refractivity contribution >= 4 is 15.9 Å². The summed E-state index contributed by atoms with van der Waals surface area (Å²) >= 11 is 3.67. The topological polar surface area (TPSA) is 77.3 Å². The van der Waals surface area contributed by atoms with Gasteiger partial charge >= 0.3 is 0 Å². The van der Waals surface area contributed by atoms with Gasteiger partial charge in [-0.05, 0) is 76.9 Å². The van der Waals surface area contributed by atoms with E-state index in [-0.39, 0.29) is 0 Å². The lowest BCUT2D eigenvalue weighted by Gasteiger charge is -2.11. The highest BCUT2D eigenvalue weighted by molar-refractivity contribution is 9.10. The highest BCUT2D eigenvalue weighted by atomic mass is 79.9. The molecule has 6 rings (SSSR count). The average Bonchev–Trinajstić information content (AvgIpc) is 2.98. The van der Waals surface area contributed by atoms with Gasteiger partial charge in [-0.1, -0.05) is 40.2 Å². The summed E-state index contributed by atoms with van der Waals surface area (Å²) in [5.74, 6) is 1.78. The van der Waals surface area contributed by atoms with Crippen LogP contribution in [0, 0.1) is 0 Å². The van der Waals surface area contributed by atoms with Gasteiger partial charge < -0.3 is 0 Å². The molecule has 2 aromatic carbocycles. The van der Waals surface area contributed by atoms with Crippen LogP contribution in [0.25, 0.3) is 56.4 Å². The maximum Gasteiger partial charge on any atom is 0.164 e. The van der Waals surface area contributed by atoms with Gasteiger partial charge in [0.25, 0.3) is 0 Å². The molecule has 0 saturated carbocycles. The van der Waals surface area contributed by atoms with E-state index in [1.54, 1.807) is 37.2 Å². The largest absolute Gasteiger partial charge is 0.265 e. The fourth-order valence-corrected chi connectivity index (χ4v) is 4.54. The van der Waals surface area contributed by atoms with Crippen LogP contribution in [0.4, 0.5) is 0 Å². The first-order chi connectivity index (χ1) is 18.2. The molecule has 7 heteroatoms. The summed E-state index contributed by atoms with van der Waals surface area (Å²) in [7, 11) is 0. The van der Waals surface area contributed by atoms with Gasteiger partial charge in [-0.25, -0.2) is 15.0 Å². The summed E-state index contributed by atoms with van der Waals surface area (Å²) < 4.78 is 0.936. The normalized spacial score (nSPS) is 10.8. The van der Waals surface area contributed by atoms with Gasteiger partial charge in [-0.2, -0.15) is 0 Å². The molecular weight excluding hydrogens is 524 g/mol. The Kier molecular flexibility index (Phi) is 6.27. The number of halogens is 1. The van der Waals surface area contributed by atoms with E-state index < -0.39 is 0 Å². The van der Waals surface area contributed by atoms with Crippen molar-refractivity contribution in [1.29, 1.82) is 0 Å². The third kappa shape index (κ3) is 5.03. The molecule has 0 fully saturated rings. The SMILES string of the molecule is Brc1cc(-c2ccncc2)cc(-c2nc(-c3ccncc3)nc(-c3ccc(-c4ccncc4)cc3)n2)c1. The maximum atomic E-state index is 4.90. The molecule has 4 heterocycles. The monoisotopic (exact) mass is 542 g/mol. The zero-order valence-corrected chi connectivity index (χ0v) is 21.1. The van der Waals surface area contributed by atoms with E-state index in [0.717, 1.165) is 43.4 Å². The summed E-state index contributed by atoms with van der Waals surface area (Å²) in [6.07, 6.45) is 10.6. The van der Waals surface area contributed by atoms with Crippen LogP contribution < -0.4 is 0 Å². The van der Waals surface area contributed by atoms with Gasteiger partial charge in [0.15, 0.2) is 17.5 Å². The van der Waals surface area contributed by atoms with Crippen molar-refractivity contribution in [1.82, 2.24) is 29.9 Å². The van der Waals surface area contributed by atoms with E-state index in [0.29, 0.717) is 17.5 Å². The Labute approximate surface area is 222 Å². The zero-order chi connectivity index (χ0) is 25.0. The van der Waals surface area contributed by atoms with E-state index in [2.05, 4.69) is 55.1 Å². The lowest BCUT2D eigenvalue weighted by atomic mass is 10.0. The van der Waals surface area contributed by atoms with Crippen molar-refractivity contribution in [2.45, 2.75) is 0 Å². The molecule has 6 aromatic rings. The van der Waals surface area contributed by atoms with Crippen LogP contribution >= 0.6 is 15.9 Å². The first-order valence-electron chi connectivity index (χ1n) is 11.6. The molecule has 0 bridgehead atoms. The van der Waals surface area contributed by atoms with Crippen molar-refractivity contribution in [3.63, 3.8) is 0 Å². The Morgan fingerprint density at radius 2 is 0.703 bits per heavy atom. The van der Waals surface area contributed by atoms with Gasteiger partial charge in [-0.15, -0.1) is 0 Å². The molecule has 0 radical (unpaired) electrons. The van der Waals surface area contributed by atoms with E-state index in [1.165, 1.54) is 0 Å². The highest BCUT2D eigenvalue weighted by Crippen LogP contribution is 2.31. The van der Waals surface area contributed by atoms with Gasteiger partial charge in [0.1, 0.15) is 0 Å². The van der Waals surface area contributed by atoms with Crippen LogP contribution in [0.2, 0.25) is 0 Å². The molecule has 0 aliphatic rings. The molecule has 4 aromatic heterocycles. The quantitative estimate of drug-likeness (QED) is 0.230. The summed E-state index contributed by atoms with van der Waals surface area (Å²) in [5.41, 5.74) is 6.97. The van der Waals surface area contributed by atoms with Crippen molar-refractivity contribution in [2.75, 3.05) is 0 Å². The number of aromatic nitrogens is 6. The van der Waals surface area contributed by atoms with E-state index in [9.17, 15) is 0 Å². The van der Waals surface area contributed by atoms with Crippen LogP contribution in [-0.2, 0) is 0 Å². The second kappa shape index (κ2) is 10.2. The fraction of sp³-hybridized carbons (Fsp3) is 0. The number of pyridine rings is 3. The third-order valence-electron chi connectivity index (χ3n) is 5.90. The number of rotatable bonds is 5. The van der Waals surface area contributed by atoms with Crippen molar-refractivity contribution in [2.24, 2.45) is 0 Å². The zero-order valence-electron chi connectivity index (χ0n) is 19.5. The minimum atomic E-state index is 0.589. The van der Waals surface area contributed by atoms with Crippen molar-refractivity contribution in [3.8, 4) is 56.4 Å². The summed E-state index contributed by atoms with van der Waals surface area (Å²) in [4.78, 5) is 27.0. The second-order valence-electron chi connectivity index (χ2n) is 8.32. The van der Waals surface area contributed by atoms with Gasteiger partial charge in [0.05, 0.1) is 0 Å². The number of benzene rings is 2. The van der Waals surface area contributed by atoms with Crippen molar-refractivity contribution < 1.29 is 0 Å². The standard InChI is InChI=1S/C30H19BrN6/c31-27-18-25(22-7-13-33-14-8-22)17-26(19-27)30-36-28(35-29(37-30)24-9-15-34-16-10-24)23-3-1-20(2-4-23)21-5-11-32-12-6-21/h1-19H. The Bertz CT molecular complexity index is 1660. The molecule has 0 N–H and O–H groups in total. The molecule has 176 valence electrons. The van der Waals surface area contributed by atoms with Crippen LogP contribution in [-0.4, -0.2) is 29.9 Å². The molecule has 0 unspecified atom stereocenters. The Morgan fingerprint density at radius 3 is 1.24 bits per heavy atom. The number of hydrogen-bond acceptors (Lipinski definition) is 6. The molecule has 0 aliphatic carbocycles. The molecular formula is C30H19BrN6. The average molecular weight is 543 g/mol. The Balaban J connectivity index is 1.47. The molecule has 0 spiro atoms. The smallest absolute Gasteiger partial charge is 0.164 e. The van der Waals surface area contributed by atoms with Crippen molar-refractivity contribution in [3.05, 3.63) is 121 Å². The number of hydrogen-bond donors (Lipinski definition) is 0. The van der Waals surface area contributed by atoms with Crippen LogP contribution in [0.5, 0.6) is 0 Å². The summed E-state index contributed by atoms with van der Waals surface area (Å²) in [5, 5.41) is 0. The van der Waals surface area contributed by atoms with Gasteiger partial charge in [0, 0.05) is 58.3 Å². The van der Waals surface area contributed by atoms with Gasteiger partial charge in [-0.3, -0.25) is 15.0 Å². The first kappa shape index (κ1) is 22.8. The van der Waals surface area contributed by atoms with Crippen LogP contribution in [0.3, 0.4) is 0 Å². The van der Waals surface area contributed by atoms with Crippen LogP contribution in [0.1, 0.15) is 0 Å². The lowest BCUT2D eigenvalue weighted by Crippen LogP contribution is -2.00. The molecule has 0 aliphatic heterocycles. The highest BCUT2D eigenvalue weighted by Gasteiger charge is 2.14. The minimum Gasteiger partial charge on any atom is -0.265 e. The Morgan fingerprint density at radius 1 is 0.351 bits per heavy atom. The lowest BCUT2D eigenvalue weighted by molar-refractivity contribution is 1.07. The van der Waals surface area contributed by atoms with E-state index in [1.807, 2.05) is 54.6 Å². The molecule has 6 nitrogen and oxygen atoms in total. The first-order valence-corrected chi connectivity index (χ1v) is 12.4. The summed E-state index contributed by atoms with van der Waals surface area (Å²) in [6.45, 7) is 0. The second-order valence-corrected chi connectivity index (χ2v) is 9.24. The fourth-order valence-electron chi connectivity index (χ4n) is 4.05. The predicted molar refractivity (Wildman–Crippen MR) is 148 cm³/mol. The minimum absolute atomic E-state index is 0.589. The molecule has 0 saturated heterocycles. The molecule has 0 atom stereocenters. The summed E-state index contributed by atoms with van der Waals surface area (Å²) in [6, 6.07) is 26.1. The predicted octanol–water partition coefficient (Wildman–Crippen LogP) is 7.15. The number of nitrogens with zero attached hydrogens (tertiary/aromatic N) is 6. The van der Waals surface area contributed by atoms with E-state index >= 15 is 0 Å². The molecule has 37 heavy (non-hydrogen) atoms. The van der Waals surface area contributed by atoms with Crippen LogP contribution in [0.15, 0.2) is 121 Å². The Hall–Kier alpha value is -4.62.